The molecule has 52 valence electrons. The van der Waals surface area contributed by atoms with Crippen LogP contribution in [0, 0.1) is 10.5 Å². The predicted molar refractivity (Wildman–Crippen MR) is 50.6 cm³/mol. The smallest absolute Gasteiger partial charge is 0.143 e. The van der Waals surface area contributed by atoms with E-state index in [1.54, 1.807) is 0 Å². The third kappa shape index (κ3) is 0.868. The van der Waals surface area contributed by atoms with Crippen LogP contribution in [0.2, 0.25) is 0 Å². The van der Waals surface area contributed by atoms with Crippen molar-refractivity contribution in [1.82, 2.24) is 0 Å². The standard InChI is InChI=1S/C8H7IO/c1-6-3-2-4-7-8(6)10-5-9-7/h2-5H,1H3. The second-order valence-corrected chi connectivity index (χ2v) is 4.50. The Kier molecular flexibility index (Phi) is 1.48. The maximum absolute atomic E-state index is 5.35. The number of para-hydroxylation sites is 1. The second kappa shape index (κ2) is 2.34. The van der Waals surface area contributed by atoms with E-state index in [9.17, 15) is 0 Å². The van der Waals surface area contributed by atoms with Gasteiger partial charge in [0.25, 0.3) is 0 Å². The van der Waals surface area contributed by atoms with Gasteiger partial charge in [-0.05, 0) is 39.3 Å². The van der Waals surface area contributed by atoms with Crippen molar-refractivity contribution in [3.8, 4) is 5.75 Å². The van der Waals surface area contributed by atoms with Crippen LogP contribution >= 0.6 is 20.7 Å². The normalized spacial score (nSPS) is 13.7. The fraction of sp³-hybridized carbons (Fsp3) is 0.125. The van der Waals surface area contributed by atoms with Gasteiger partial charge < -0.3 is 4.74 Å². The van der Waals surface area contributed by atoms with Crippen LogP contribution in [0.4, 0.5) is 0 Å². The Morgan fingerprint density at radius 2 is 2.30 bits per heavy atom. The van der Waals surface area contributed by atoms with Gasteiger partial charge in [0, 0.05) is 0 Å². The lowest BCUT2D eigenvalue weighted by Gasteiger charge is -1.99. The summed E-state index contributed by atoms with van der Waals surface area (Å²) in [7, 11) is 0. The summed E-state index contributed by atoms with van der Waals surface area (Å²) in [5, 5.41) is 0. The zero-order chi connectivity index (χ0) is 6.97. The molecule has 0 unspecified atom stereocenters. The summed E-state index contributed by atoms with van der Waals surface area (Å²) in [6, 6.07) is 6.33. The Labute approximate surface area is 69.8 Å². The Balaban J connectivity index is 2.66. The topological polar surface area (TPSA) is 9.23 Å². The van der Waals surface area contributed by atoms with Crippen LogP contribution in [0.25, 0.3) is 0 Å². The molecule has 0 aromatic heterocycles. The van der Waals surface area contributed by atoms with E-state index in [0.717, 1.165) is 5.75 Å². The number of ether oxygens (including phenoxy) is 1. The van der Waals surface area contributed by atoms with E-state index < -0.39 is 0 Å². The van der Waals surface area contributed by atoms with Crippen LogP contribution in [0.3, 0.4) is 0 Å². The van der Waals surface area contributed by atoms with Gasteiger partial charge in [0.1, 0.15) is 9.95 Å². The first-order chi connectivity index (χ1) is 4.88. The van der Waals surface area contributed by atoms with Crippen molar-refractivity contribution in [2.24, 2.45) is 0 Å². The first-order valence-electron chi connectivity index (χ1n) is 3.09. The molecule has 0 saturated heterocycles. The van der Waals surface area contributed by atoms with Crippen LogP contribution in [0.15, 0.2) is 18.2 Å². The fourth-order valence-electron chi connectivity index (χ4n) is 0.967. The van der Waals surface area contributed by atoms with Gasteiger partial charge in [0.2, 0.25) is 0 Å². The molecule has 0 amide bonds. The second-order valence-electron chi connectivity index (χ2n) is 2.20. The molecule has 0 N–H and O–H groups in total. The van der Waals surface area contributed by atoms with Gasteiger partial charge in [-0.2, -0.15) is 0 Å². The molecule has 1 aromatic rings. The largest absolute Gasteiger partial charge is 0.458 e. The number of aryl methyl sites for hydroxylation is 1. The highest BCUT2D eigenvalue weighted by molar-refractivity contribution is 14.2. The van der Waals surface area contributed by atoms with Gasteiger partial charge in [-0.1, -0.05) is 12.1 Å². The molecule has 1 heterocycles. The summed E-state index contributed by atoms with van der Waals surface area (Å²) in [4.78, 5) is 0. The van der Waals surface area contributed by atoms with Crippen molar-refractivity contribution < 1.29 is 4.74 Å². The molecule has 0 bridgehead atoms. The Bertz CT molecular complexity index is 291. The van der Waals surface area contributed by atoms with E-state index >= 15 is 0 Å². The summed E-state index contributed by atoms with van der Waals surface area (Å²) < 4.78 is 8.72. The van der Waals surface area contributed by atoms with Gasteiger partial charge in [-0.3, -0.25) is 0 Å². The van der Waals surface area contributed by atoms with E-state index in [2.05, 4.69) is 25.1 Å². The highest BCUT2D eigenvalue weighted by Crippen LogP contribution is 2.31. The summed E-state index contributed by atoms with van der Waals surface area (Å²) >= 11 is 0.0585. The number of benzene rings is 1. The summed E-state index contributed by atoms with van der Waals surface area (Å²) in [5.74, 6) is 1.11. The Hall–Kier alpha value is -0.380. The fourth-order valence-corrected chi connectivity index (χ4v) is 2.87. The molecule has 1 aromatic carbocycles. The monoisotopic (exact) mass is 246 g/mol. The van der Waals surface area contributed by atoms with Crippen LogP contribution in [-0.2, 0) is 0 Å². The van der Waals surface area contributed by atoms with Crippen molar-refractivity contribution in [2.75, 3.05) is 0 Å². The molecule has 0 atom stereocenters. The molecule has 2 rings (SSSR count). The lowest BCUT2D eigenvalue weighted by Crippen LogP contribution is -1.86. The van der Waals surface area contributed by atoms with Crippen molar-refractivity contribution in [1.29, 1.82) is 0 Å². The highest BCUT2D eigenvalue weighted by Gasteiger charge is 2.07. The molecular weight excluding hydrogens is 239 g/mol. The van der Waals surface area contributed by atoms with Crippen LogP contribution in [0.5, 0.6) is 5.75 Å². The number of hydrogen-bond acceptors (Lipinski definition) is 1. The zero-order valence-electron chi connectivity index (χ0n) is 5.60. The lowest BCUT2D eigenvalue weighted by molar-refractivity contribution is 0.580. The van der Waals surface area contributed by atoms with Gasteiger partial charge >= 0.3 is 0 Å². The summed E-state index contributed by atoms with van der Waals surface area (Å²) in [6.45, 7) is 2.09. The van der Waals surface area contributed by atoms with Crippen molar-refractivity contribution >= 4 is 24.9 Å². The van der Waals surface area contributed by atoms with Gasteiger partial charge in [-0.25, -0.2) is 0 Å². The average molecular weight is 246 g/mol. The van der Waals surface area contributed by atoms with E-state index in [1.165, 1.54) is 9.13 Å². The van der Waals surface area contributed by atoms with Crippen molar-refractivity contribution in [3.05, 3.63) is 27.3 Å². The molecule has 1 aliphatic heterocycles. The first-order valence-corrected chi connectivity index (χ1v) is 5.42. The molecule has 0 fully saturated rings. The molecular formula is C8H7IO. The molecule has 0 radical (unpaired) electrons. The van der Waals surface area contributed by atoms with E-state index in [-0.39, 0.29) is 20.7 Å². The highest BCUT2D eigenvalue weighted by atomic mass is 127. The minimum absolute atomic E-state index is 0.0585. The Morgan fingerprint density at radius 3 is 3.10 bits per heavy atom. The van der Waals surface area contributed by atoms with Crippen molar-refractivity contribution in [2.45, 2.75) is 6.92 Å². The molecule has 1 aliphatic rings. The number of halogens is 1. The predicted octanol–water partition coefficient (Wildman–Crippen LogP) is 2.29. The number of fused-ring (bicyclic) bond motifs is 1. The van der Waals surface area contributed by atoms with Gasteiger partial charge in [-0.15, -0.1) is 0 Å². The van der Waals surface area contributed by atoms with E-state index in [0.29, 0.717) is 0 Å². The molecule has 0 spiro atoms. The molecule has 0 saturated carbocycles. The molecule has 0 aliphatic carbocycles. The van der Waals surface area contributed by atoms with Gasteiger partial charge in [0.15, 0.2) is 0 Å². The average Bonchev–Trinajstić information content (AvgIpc) is 2.36. The summed E-state index contributed by atoms with van der Waals surface area (Å²) in [5.41, 5.74) is 1.26. The molecule has 1 nitrogen and oxygen atoms in total. The lowest BCUT2D eigenvalue weighted by atomic mass is 10.2. The maximum Gasteiger partial charge on any atom is 0.143 e. The van der Waals surface area contributed by atoms with E-state index in [1.807, 2.05) is 4.20 Å². The van der Waals surface area contributed by atoms with Gasteiger partial charge in [0.05, 0.1) is 3.57 Å². The minimum Gasteiger partial charge on any atom is -0.458 e. The van der Waals surface area contributed by atoms with E-state index in [4.69, 9.17) is 4.74 Å². The molecule has 10 heavy (non-hydrogen) atoms. The minimum atomic E-state index is 0.0585. The quantitative estimate of drug-likeness (QED) is 0.638. The van der Waals surface area contributed by atoms with Crippen molar-refractivity contribution in [3.63, 3.8) is 0 Å². The summed E-state index contributed by atoms with van der Waals surface area (Å²) in [6.07, 6.45) is 0. The third-order valence-corrected chi connectivity index (χ3v) is 3.52. The zero-order valence-corrected chi connectivity index (χ0v) is 7.75. The van der Waals surface area contributed by atoms with Crippen LogP contribution < -0.4 is 4.74 Å². The van der Waals surface area contributed by atoms with Crippen LogP contribution in [0.1, 0.15) is 5.56 Å². The SMILES string of the molecule is Cc1cccc2c1OC=I2. The third-order valence-electron chi connectivity index (χ3n) is 1.49. The maximum atomic E-state index is 5.35. The number of hydrogen-bond donors (Lipinski definition) is 0. The number of rotatable bonds is 0. The first kappa shape index (κ1) is 6.34. The van der Waals surface area contributed by atoms with Crippen LogP contribution in [-0.4, -0.2) is 4.20 Å². The Morgan fingerprint density at radius 1 is 1.40 bits per heavy atom. The molecule has 2 heteroatoms.